The number of fused-ring (bicyclic) bond motifs is 1. The molecule has 23 heavy (non-hydrogen) atoms. The van der Waals surface area contributed by atoms with Crippen LogP contribution in [0.25, 0.3) is 22.6 Å². The predicted molar refractivity (Wildman–Crippen MR) is 89.5 cm³/mol. The van der Waals surface area contributed by atoms with Gasteiger partial charge in [0.1, 0.15) is 5.52 Å². The molecule has 2 aromatic carbocycles. The second-order valence-electron chi connectivity index (χ2n) is 6.71. The smallest absolute Gasteiger partial charge is 0.272 e. The minimum Gasteiger partial charge on any atom is -0.436 e. The lowest BCUT2D eigenvalue weighted by molar-refractivity contribution is -0.384. The lowest BCUT2D eigenvalue weighted by Crippen LogP contribution is -2.10. The number of hydrogen-bond acceptors (Lipinski definition) is 4. The van der Waals surface area contributed by atoms with Crippen LogP contribution in [0.3, 0.4) is 0 Å². The topological polar surface area (TPSA) is 69.2 Å². The molecule has 0 saturated carbocycles. The number of nitro benzene ring substituents is 1. The van der Waals surface area contributed by atoms with Crippen molar-refractivity contribution in [2.24, 2.45) is 0 Å². The highest BCUT2D eigenvalue weighted by Gasteiger charge is 2.17. The number of aromatic nitrogens is 1. The van der Waals surface area contributed by atoms with Gasteiger partial charge in [0.05, 0.1) is 4.92 Å². The van der Waals surface area contributed by atoms with E-state index >= 15 is 0 Å². The average Bonchev–Trinajstić information content (AvgIpc) is 2.91. The molecule has 0 unspecified atom stereocenters. The first kappa shape index (κ1) is 15.2. The highest BCUT2D eigenvalue weighted by Crippen LogP contribution is 2.31. The first-order chi connectivity index (χ1) is 10.8. The second-order valence-corrected chi connectivity index (χ2v) is 6.71. The van der Waals surface area contributed by atoms with Crippen LogP contribution in [0.4, 0.5) is 5.69 Å². The minimum atomic E-state index is -0.418. The van der Waals surface area contributed by atoms with E-state index in [1.165, 1.54) is 17.7 Å². The number of oxazole rings is 1. The summed E-state index contributed by atoms with van der Waals surface area (Å²) in [6.07, 6.45) is 0. The Labute approximate surface area is 134 Å². The quantitative estimate of drug-likeness (QED) is 0.493. The third kappa shape index (κ3) is 2.82. The van der Waals surface area contributed by atoms with E-state index in [9.17, 15) is 10.1 Å². The zero-order valence-corrected chi connectivity index (χ0v) is 13.6. The van der Waals surface area contributed by atoms with Crippen LogP contribution in [-0.4, -0.2) is 9.91 Å². The Morgan fingerprint density at radius 3 is 2.35 bits per heavy atom. The Morgan fingerprint density at radius 2 is 1.78 bits per heavy atom. The molecule has 0 N–H and O–H groups in total. The maximum absolute atomic E-state index is 11.0. The molecule has 3 aromatic rings. The third-order valence-corrected chi connectivity index (χ3v) is 3.87. The predicted octanol–water partition coefficient (Wildman–Crippen LogP) is 5.01. The molecule has 1 heterocycles. The molecule has 118 valence electrons. The zero-order valence-electron chi connectivity index (χ0n) is 13.6. The minimum absolute atomic E-state index is 0.0259. The fraction of sp³-hybridized carbons (Fsp3) is 0.278. The SMILES string of the molecule is Cc1cc([N+](=O)[O-])cc2nc(-c3ccc(C(C)(C)C)cc3)oc12. The molecule has 1 aromatic heterocycles. The number of nitro groups is 1. The number of benzene rings is 2. The summed E-state index contributed by atoms with van der Waals surface area (Å²) >= 11 is 0. The lowest BCUT2D eigenvalue weighted by atomic mass is 9.87. The number of rotatable bonds is 2. The summed E-state index contributed by atoms with van der Waals surface area (Å²) in [7, 11) is 0. The van der Waals surface area contributed by atoms with Gasteiger partial charge in [-0.3, -0.25) is 10.1 Å². The molecule has 0 bridgehead atoms. The van der Waals surface area contributed by atoms with Crippen molar-refractivity contribution in [1.29, 1.82) is 0 Å². The monoisotopic (exact) mass is 310 g/mol. The highest BCUT2D eigenvalue weighted by atomic mass is 16.6. The van der Waals surface area contributed by atoms with Crippen molar-refractivity contribution in [1.82, 2.24) is 4.98 Å². The van der Waals surface area contributed by atoms with Crippen molar-refractivity contribution >= 4 is 16.8 Å². The van der Waals surface area contributed by atoms with Gasteiger partial charge in [-0.1, -0.05) is 32.9 Å². The van der Waals surface area contributed by atoms with Gasteiger partial charge in [-0.2, -0.15) is 0 Å². The van der Waals surface area contributed by atoms with Gasteiger partial charge in [-0.05, 0) is 30.0 Å². The normalized spacial score (nSPS) is 11.8. The summed E-state index contributed by atoms with van der Waals surface area (Å²) in [5.74, 6) is 0.476. The van der Waals surface area contributed by atoms with E-state index in [0.717, 1.165) is 5.56 Å². The van der Waals surface area contributed by atoms with Crippen LogP contribution in [0.5, 0.6) is 0 Å². The number of aryl methyl sites for hydroxylation is 1. The summed E-state index contributed by atoms with van der Waals surface area (Å²) in [4.78, 5) is 14.9. The zero-order chi connectivity index (χ0) is 16.8. The summed E-state index contributed by atoms with van der Waals surface area (Å²) in [5.41, 5.74) is 3.99. The van der Waals surface area contributed by atoms with E-state index in [2.05, 4.69) is 37.9 Å². The van der Waals surface area contributed by atoms with Gasteiger partial charge < -0.3 is 4.42 Å². The van der Waals surface area contributed by atoms with Gasteiger partial charge in [0, 0.05) is 23.3 Å². The molecule has 0 saturated heterocycles. The van der Waals surface area contributed by atoms with Crippen LogP contribution >= 0.6 is 0 Å². The van der Waals surface area contributed by atoms with Crippen molar-refractivity contribution in [2.45, 2.75) is 33.1 Å². The lowest BCUT2D eigenvalue weighted by Gasteiger charge is -2.18. The maximum atomic E-state index is 11.0. The Hall–Kier alpha value is -2.69. The maximum Gasteiger partial charge on any atom is 0.272 e. The largest absolute Gasteiger partial charge is 0.436 e. The van der Waals surface area contributed by atoms with Gasteiger partial charge in [0.25, 0.3) is 5.69 Å². The number of hydrogen-bond donors (Lipinski definition) is 0. The molecular formula is C18H18N2O3. The van der Waals surface area contributed by atoms with Gasteiger partial charge in [-0.15, -0.1) is 0 Å². The summed E-state index contributed by atoms with van der Waals surface area (Å²) in [5, 5.41) is 11.0. The number of non-ortho nitro benzene ring substituents is 1. The third-order valence-electron chi connectivity index (χ3n) is 3.87. The van der Waals surface area contributed by atoms with Crippen molar-refractivity contribution in [3.8, 4) is 11.5 Å². The van der Waals surface area contributed by atoms with Crippen LogP contribution in [0, 0.1) is 17.0 Å². The average molecular weight is 310 g/mol. The second kappa shape index (κ2) is 5.19. The molecule has 0 amide bonds. The fourth-order valence-corrected chi connectivity index (χ4v) is 2.52. The molecule has 0 spiro atoms. The molecule has 0 aliphatic carbocycles. The van der Waals surface area contributed by atoms with Crippen molar-refractivity contribution < 1.29 is 9.34 Å². The molecule has 0 aliphatic heterocycles. The van der Waals surface area contributed by atoms with Crippen molar-refractivity contribution in [2.75, 3.05) is 0 Å². The molecule has 0 radical (unpaired) electrons. The van der Waals surface area contributed by atoms with E-state index in [1.54, 1.807) is 6.92 Å². The van der Waals surface area contributed by atoms with E-state index in [4.69, 9.17) is 4.42 Å². The Bertz CT molecular complexity index is 887. The molecule has 0 aliphatic rings. The van der Waals surface area contributed by atoms with E-state index in [1.807, 2.05) is 12.1 Å². The van der Waals surface area contributed by atoms with Crippen molar-refractivity contribution in [3.05, 3.63) is 57.6 Å². The van der Waals surface area contributed by atoms with Gasteiger partial charge in [0.15, 0.2) is 5.58 Å². The van der Waals surface area contributed by atoms with Crippen LogP contribution < -0.4 is 0 Å². The van der Waals surface area contributed by atoms with Gasteiger partial charge in [-0.25, -0.2) is 4.98 Å². The molecule has 0 fully saturated rings. The van der Waals surface area contributed by atoms with Crippen LogP contribution in [0.15, 0.2) is 40.8 Å². The van der Waals surface area contributed by atoms with E-state index < -0.39 is 4.92 Å². The fourth-order valence-electron chi connectivity index (χ4n) is 2.52. The van der Waals surface area contributed by atoms with Gasteiger partial charge >= 0.3 is 0 Å². The summed E-state index contributed by atoms with van der Waals surface area (Å²) in [6.45, 7) is 8.25. The Morgan fingerprint density at radius 1 is 1.13 bits per heavy atom. The summed E-state index contributed by atoms with van der Waals surface area (Å²) < 4.78 is 5.81. The van der Waals surface area contributed by atoms with Crippen LogP contribution in [-0.2, 0) is 5.41 Å². The molecule has 5 heteroatoms. The van der Waals surface area contributed by atoms with Crippen molar-refractivity contribution in [3.63, 3.8) is 0 Å². The molecular weight excluding hydrogens is 292 g/mol. The highest BCUT2D eigenvalue weighted by molar-refractivity contribution is 5.81. The van der Waals surface area contributed by atoms with Crippen LogP contribution in [0.2, 0.25) is 0 Å². The summed E-state index contributed by atoms with van der Waals surface area (Å²) in [6, 6.07) is 11.0. The van der Waals surface area contributed by atoms with E-state index in [-0.39, 0.29) is 11.1 Å². The van der Waals surface area contributed by atoms with Crippen LogP contribution in [0.1, 0.15) is 31.9 Å². The molecule has 0 atom stereocenters. The standard InChI is InChI=1S/C18H18N2O3/c1-11-9-14(20(21)22)10-15-16(11)23-17(19-15)12-5-7-13(8-6-12)18(2,3)4/h5-10H,1-4H3. The first-order valence-corrected chi connectivity index (χ1v) is 7.42. The Balaban J connectivity index is 2.07. The van der Waals surface area contributed by atoms with E-state index in [0.29, 0.717) is 22.6 Å². The molecule has 5 nitrogen and oxygen atoms in total. The van der Waals surface area contributed by atoms with Gasteiger partial charge in [0.2, 0.25) is 5.89 Å². The molecule has 3 rings (SSSR count). The Kier molecular flexibility index (Phi) is 3.43. The number of nitrogens with zero attached hydrogens (tertiary/aromatic N) is 2. The first-order valence-electron chi connectivity index (χ1n) is 7.42.